The highest BCUT2D eigenvalue weighted by molar-refractivity contribution is 5.78. The van der Waals surface area contributed by atoms with Gasteiger partial charge >= 0.3 is 5.97 Å². The summed E-state index contributed by atoms with van der Waals surface area (Å²) < 4.78 is 5.13. The van der Waals surface area contributed by atoms with Crippen LogP contribution in [0.15, 0.2) is 24.5 Å². The van der Waals surface area contributed by atoms with Crippen molar-refractivity contribution in [1.29, 1.82) is 0 Å². The summed E-state index contributed by atoms with van der Waals surface area (Å²) >= 11 is 0. The van der Waals surface area contributed by atoms with Gasteiger partial charge in [0.25, 0.3) is 0 Å². The number of hydrogen-bond acceptors (Lipinski definition) is 4. The minimum atomic E-state index is -0.212. The van der Waals surface area contributed by atoms with Gasteiger partial charge in [-0.15, -0.1) is 0 Å². The fourth-order valence-corrected chi connectivity index (χ4v) is 1.48. The maximum absolute atomic E-state index is 11.5. The van der Waals surface area contributed by atoms with E-state index in [0.717, 1.165) is 19.4 Å². The first kappa shape index (κ1) is 9.15. The molecule has 0 aliphatic carbocycles. The normalized spacial score (nSPS) is 20.7. The molecule has 0 bridgehead atoms. The van der Waals surface area contributed by atoms with E-state index in [-0.39, 0.29) is 12.0 Å². The molecule has 14 heavy (non-hydrogen) atoms. The van der Waals surface area contributed by atoms with E-state index in [0.29, 0.717) is 5.75 Å². The molecule has 1 aliphatic heterocycles. The summed E-state index contributed by atoms with van der Waals surface area (Å²) in [5.74, 6) is 0.293. The minimum absolute atomic E-state index is 0.143. The summed E-state index contributed by atoms with van der Waals surface area (Å²) in [6.07, 6.45) is 5.07. The van der Waals surface area contributed by atoms with Crippen molar-refractivity contribution in [2.75, 3.05) is 6.54 Å². The lowest BCUT2D eigenvalue weighted by Gasteiger charge is -2.08. The van der Waals surface area contributed by atoms with Crippen LogP contribution in [-0.2, 0) is 4.79 Å². The SMILES string of the molecule is O=C(Oc1cccnc1)C1CCCN1. The molecule has 4 heteroatoms. The summed E-state index contributed by atoms with van der Waals surface area (Å²) in [5, 5.41) is 3.08. The lowest BCUT2D eigenvalue weighted by molar-refractivity contribution is -0.136. The first-order valence-corrected chi connectivity index (χ1v) is 4.71. The standard InChI is InChI=1S/C10H12N2O2/c13-10(9-4-2-6-12-9)14-8-3-1-5-11-7-8/h1,3,5,7,9,12H,2,4,6H2. The maximum Gasteiger partial charge on any atom is 0.328 e. The van der Waals surface area contributed by atoms with E-state index >= 15 is 0 Å². The third-order valence-electron chi connectivity index (χ3n) is 2.20. The molecule has 1 unspecified atom stereocenters. The van der Waals surface area contributed by atoms with Gasteiger partial charge in [0.2, 0.25) is 0 Å². The molecule has 2 rings (SSSR count). The zero-order chi connectivity index (χ0) is 9.80. The number of hydrogen-bond donors (Lipinski definition) is 1. The second-order valence-corrected chi connectivity index (χ2v) is 3.26. The molecule has 0 saturated carbocycles. The second kappa shape index (κ2) is 4.19. The van der Waals surface area contributed by atoms with Gasteiger partial charge in [-0.05, 0) is 31.5 Å². The van der Waals surface area contributed by atoms with Crippen LogP contribution in [-0.4, -0.2) is 23.5 Å². The third kappa shape index (κ3) is 2.09. The van der Waals surface area contributed by atoms with E-state index in [1.54, 1.807) is 18.3 Å². The molecular weight excluding hydrogens is 180 g/mol. The Balaban J connectivity index is 1.94. The molecular formula is C10H12N2O2. The number of nitrogens with zero attached hydrogens (tertiary/aromatic N) is 1. The van der Waals surface area contributed by atoms with Crippen molar-refractivity contribution < 1.29 is 9.53 Å². The average molecular weight is 192 g/mol. The first-order valence-electron chi connectivity index (χ1n) is 4.71. The first-order chi connectivity index (χ1) is 6.86. The van der Waals surface area contributed by atoms with Crippen LogP contribution in [0.4, 0.5) is 0 Å². The highest BCUT2D eigenvalue weighted by Gasteiger charge is 2.23. The van der Waals surface area contributed by atoms with Gasteiger partial charge in [0.15, 0.2) is 0 Å². The number of nitrogens with one attached hydrogen (secondary N) is 1. The van der Waals surface area contributed by atoms with Crippen molar-refractivity contribution in [1.82, 2.24) is 10.3 Å². The van der Waals surface area contributed by atoms with Crippen LogP contribution < -0.4 is 10.1 Å². The van der Waals surface area contributed by atoms with Crippen molar-refractivity contribution in [3.63, 3.8) is 0 Å². The van der Waals surface area contributed by atoms with Gasteiger partial charge in [-0.3, -0.25) is 4.98 Å². The average Bonchev–Trinajstić information content (AvgIpc) is 2.72. The molecule has 1 aromatic rings. The smallest absolute Gasteiger partial charge is 0.328 e. The molecule has 1 atom stereocenters. The lowest BCUT2D eigenvalue weighted by atomic mass is 10.2. The summed E-state index contributed by atoms with van der Waals surface area (Å²) in [6.45, 7) is 0.896. The Kier molecular flexibility index (Phi) is 2.74. The quantitative estimate of drug-likeness (QED) is 0.702. The third-order valence-corrected chi connectivity index (χ3v) is 2.20. The minimum Gasteiger partial charge on any atom is -0.424 e. The molecule has 0 amide bonds. The predicted octanol–water partition coefficient (Wildman–Crippen LogP) is 0.739. The zero-order valence-electron chi connectivity index (χ0n) is 7.77. The van der Waals surface area contributed by atoms with Crippen LogP contribution in [0.5, 0.6) is 5.75 Å². The number of aromatic nitrogens is 1. The number of carbonyl (C=O) groups is 1. The molecule has 2 heterocycles. The molecule has 4 nitrogen and oxygen atoms in total. The van der Waals surface area contributed by atoms with Gasteiger partial charge in [-0.25, -0.2) is 4.79 Å². The van der Waals surface area contributed by atoms with E-state index in [1.807, 2.05) is 0 Å². The zero-order valence-corrected chi connectivity index (χ0v) is 7.77. The fraction of sp³-hybridized carbons (Fsp3) is 0.400. The largest absolute Gasteiger partial charge is 0.424 e. The summed E-state index contributed by atoms with van der Waals surface area (Å²) in [6, 6.07) is 3.32. The van der Waals surface area contributed by atoms with E-state index in [4.69, 9.17) is 4.74 Å². The Morgan fingerprint density at radius 1 is 1.64 bits per heavy atom. The van der Waals surface area contributed by atoms with Crippen LogP contribution in [0.3, 0.4) is 0 Å². The van der Waals surface area contributed by atoms with Gasteiger partial charge in [0.05, 0.1) is 6.20 Å². The molecule has 0 spiro atoms. The molecule has 1 fully saturated rings. The summed E-state index contributed by atoms with van der Waals surface area (Å²) in [5.41, 5.74) is 0. The van der Waals surface area contributed by atoms with Crippen molar-refractivity contribution in [2.45, 2.75) is 18.9 Å². The Morgan fingerprint density at radius 2 is 2.57 bits per heavy atom. The Bertz CT molecular complexity index is 307. The Labute approximate surface area is 82.3 Å². The molecule has 1 aromatic heterocycles. The molecule has 74 valence electrons. The number of carbonyl (C=O) groups excluding carboxylic acids is 1. The van der Waals surface area contributed by atoms with Gasteiger partial charge < -0.3 is 10.1 Å². The molecule has 0 radical (unpaired) electrons. The van der Waals surface area contributed by atoms with Crippen molar-refractivity contribution >= 4 is 5.97 Å². The summed E-state index contributed by atoms with van der Waals surface area (Å²) in [4.78, 5) is 15.4. The number of esters is 1. The number of rotatable bonds is 2. The van der Waals surface area contributed by atoms with E-state index in [2.05, 4.69) is 10.3 Å². The van der Waals surface area contributed by atoms with Gasteiger partial charge in [-0.2, -0.15) is 0 Å². The molecule has 1 N–H and O–H groups in total. The van der Waals surface area contributed by atoms with E-state index < -0.39 is 0 Å². The fourth-order valence-electron chi connectivity index (χ4n) is 1.48. The second-order valence-electron chi connectivity index (χ2n) is 3.26. The van der Waals surface area contributed by atoms with Crippen molar-refractivity contribution in [3.8, 4) is 5.75 Å². The monoisotopic (exact) mass is 192 g/mol. The summed E-state index contributed by atoms with van der Waals surface area (Å²) in [7, 11) is 0. The number of ether oxygens (including phenoxy) is 1. The molecule has 1 saturated heterocycles. The topological polar surface area (TPSA) is 51.2 Å². The van der Waals surface area contributed by atoms with Gasteiger partial charge in [-0.1, -0.05) is 0 Å². The predicted molar refractivity (Wildman–Crippen MR) is 50.9 cm³/mol. The molecule has 0 aromatic carbocycles. The van der Waals surface area contributed by atoms with E-state index in [1.165, 1.54) is 6.20 Å². The Morgan fingerprint density at radius 3 is 3.21 bits per heavy atom. The van der Waals surface area contributed by atoms with Crippen LogP contribution in [0.1, 0.15) is 12.8 Å². The van der Waals surface area contributed by atoms with Crippen molar-refractivity contribution in [3.05, 3.63) is 24.5 Å². The highest BCUT2D eigenvalue weighted by atomic mass is 16.5. The highest BCUT2D eigenvalue weighted by Crippen LogP contribution is 2.11. The van der Waals surface area contributed by atoms with Gasteiger partial charge in [0.1, 0.15) is 11.8 Å². The van der Waals surface area contributed by atoms with Gasteiger partial charge in [0, 0.05) is 6.20 Å². The maximum atomic E-state index is 11.5. The number of pyridine rings is 1. The van der Waals surface area contributed by atoms with Crippen molar-refractivity contribution in [2.24, 2.45) is 0 Å². The van der Waals surface area contributed by atoms with E-state index in [9.17, 15) is 4.79 Å². The lowest BCUT2D eigenvalue weighted by Crippen LogP contribution is -2.34. The van der Waals surface area contributed by atoms with Crippen LogP contribution in [0.25, 0.3) is 0 Å². The van der Waals surface area contributed by atoms with Crippen LogP contribution in [0.2, 0.25) is 0 Å². The van der Waals surface area contributed by atoms with Crippen LogP contribution >= 0.6 is 0 Å². The van der Waals surface area contributed by atoms with Crippen LogP contribution in [0, 0.1) is 0 Å². The Hall–Kier alpha value is -1.42. The molecule has 1 aliphatic rings.